The minimum Gasteiger partial charge on any atom is -0.433 e. The number of halogens is 2. The van der Waals surface area contributed by atoms with Gasteiger partial charge in [-0.3, -0.25) is 0 Å². The molecule has 6 nitrogen and oxygen atoms in total. The summed E-state index contributed by atoms with van der Waals surface area (Å²) in [6, 6.07) is 5.24. The van der Waals surface area contributed by atoms with Crippen molar-refractivity contribution in [3.8, 4) is 5.75 Å². The molecule has 0 unspecified atom stereocenters. The number of methoxy groups -OCH3 is 1. The number of rotatable bonds is 10. The fourth-order valence-corrected chi connectivity index (χ4v) is 2.68. The molecule has 9 heteroatoms. The summed E-state index contributed by atoms with van der Waals surface area (Å²) in [6.45, 7) is -1.48. The molecule has 0 aliphatic heterocycles. The number of ether oxygens (including phenoxy) is 2. The SMILES string of the molecule is COCCNCCNS(=O)(=O)c1ccccc1OC(F)F. The van der Waals surface area contributed by atoms with Gasteiger partial charge in [0.05, 0.1) is 6.61 Å². The van der Waals surface area contributed by atoms with Crippen LogP contribution < -0.4 is 14.8 Å². The summed E-state index contributed by atoms with van der Waals surface area (Å²) < 4.78 is 59.9. The third-order valence-electron chi connectivity index (χ3n) is 2.43. The Kier molecular flexibility index (Phi) is 7.51. The van der Waals surface area contributed by atoms with E-state index in [0.29, 0.717) is 19.7 Å². The lowest BCUT2D eigenvalue weighted by Crippen LogP contribution is -2.33. The first-order chi connectivity index (χ1) is 9.97. The Morgan fingerprint density at radius 1 is 1.19 bits per heavy atom. The van der Waals surface area contributed by atoms with E-state index in [2.05, 4.69) is 14.8 Å². The molecule has 0 saturated carbocycles. The van der Waals surface area contributed by atoms with Gasteiger partial charge in [-0.15, -0.1) is 0 Å². The molecule has 0 fully saturated rings. The molecule has 0 amide bonds. The van der Waals surface area contributed by atoms with Crippen LogP contribution in [0.3, 0.4) is 0 Å². The Morgan fingerprint density at radius 3 is 2.57 bits per heavy atom. The van der Waals surface area contributed by atoms with Gasteiger partial charge in [-0.2, -0.15) is 8.78 Å². The Hall–Kier alpha value is -1.29. The van der Waals surface area contributed by atoms with Gasteiger partial charge in [-0.1, -0.05) is 12.1 Å². The van der Waals surface area contributed by atoms with E-state index in [1.165, 1.54) is 24.3 Å². The molecule has 1 aromatic carbocycles. The fourth-order valence-electron chi connectivity index (χ4n) is 1.52. The van der Waals surface area contributed by atoms with Crippen molar-refractivity contribution in [2.75, 3.05) is 33.4 Å². The first kappa shape index (κ1) is 17.8. The number of nitrogens with one attached hydrogen (secondary N) is 2. The average molecular weight is 324 g/mol. The topological polar surface area (TPSA) is 76.7 Å². The van der Waals surface area contributed by atoms with E-state index >= 15 is 0 Å². The summed E-state index contributed by atoms with van der Waals surface area (Å²) in [6.07, 6.45) is 0. The van der Waals surface area contributed by atoms with Crippen LogP contribution in [-0.2, 0) is 14.8 Å². The van der Waals surface area contributed by atoms with E-state index in [9.17, 15) is 17.2 Å². The first-order valence-corrected chi connectivity index (χ1v) is 7.69. The highest BCUT2D eigenvalue weighted by molar-refractivity contribution is 7.89. The van der Waals surface area contributed by atoms with Crippen LogP contribution in [0, 0.1) is 0 Å². The quantitative estimate of drug-likeness (QED) is 0.623. The zero-order chi connectivity index (χ0) is 15.7. The molecule has 0 radical (unpaired) electrons. The van der Waals surface area contributed by atoms with Crippen LogP contribution in [0.15, 0.2) is 29.2 Å². The first-order valence-electron chi connectivity index (χ1n) is 6.20. The maximum Gasteiger partial charge on any atom is 0.387 e. The van der Waals surface area contributed by atoms with Gasteiger partial charge < -0.3 is 14.8 Å². The lowest BCUT2D eigenvalue weighted by Gasteiger charge is -2.12. The highest BCUT2D eigenvalue weighted by atomic mass is 32.2. The van der Waals surface area contributed by atoms with Crippen molar-refractivity contribution in [2.24, 2.45) is 0 Å². The largest absolute Gasteiger partial charge is 0.433 e. The number of alkyl halides is 2. The zero-order valence-corrected chi connectivity index (χ0v) is 12.3. The summed E-state index contributed by atoms with van der Waals surface area (Å²) in [5.41, 5.74) is 0. The fraction of sp³-hybridized carbons (Fsp3) is 0.500. The summed E-state index contributed by atoms with van der Waals surface area (Å²) in [4.78, 5) is -0.317. The van der Waals surface area contributed by atoms with E-state index in [1.54, 1.807) is 7.11 Å². The van der Waals surface area contributed by atoms with Gasteiger partial charge in [0.1, 0.15) is 10.6 Å². The van der Waals surface area contributed by atoms with Gasteiger partial charge in [-0.25, -0.2) is 13.1 Å². The number of para-hydroxylation sites is 1. The molecular formula is C12H18F2N2O4S. The van der Waals surface area contributed by atoms with E-state index in [0.717, 1.165) is 0 Å². The van der Waals surface area contributed by atoms with Crippen molar-refractivity contribution in [1.29, 1.82) is 0 Å². The normalized spacial score (nSPS) is 11.8. The van der Waals surface area contributed by atoms with Gasteiger partial charge in [0.2, 0.25) is 10.0 Å². The van der Waals surface area contributed by atoms with Crippen LogP contribution >= 0.6 is 0 Å². The van der Waals surface area contributed by atoms with Crippen molar-refractivity contribution in [3.05, 3.63) is 24.3 Å². The molecule has 0 spiro atoms. The molecule has 21 heavy (non-hydrogen) atoms. The van der Waals surface area contributed by atoms with Crippen molar-refractivity contribution >= 4 is 10.0 Å². The molecule has 0 bridgehead atoms. The molecule has 2 N–H and O–H groups in total. The van der Waals surface area contributed by atoms with E-state index in [-0.39, 0.29) is 17.2 Å². The van der Waals surface area contributed by atoms with Crippen molar-refractivity contribution < 1.29 is 26.7 Å². The van der Waals surface area contributed by atoms with E-state index in [4.69, 9.17) is 4.74 Å². The molecule has 0 aliphatic carbocycles. The number of hydrogen-bond acceptors (Lipinski definition) is 5. The second kappa shape index (κ2) is 8.88. The van der Waals surface area contributed by atoms with E-state index < -0.39 is 16.6 Å². The predicted octanol–water partition coefficient (Wildman–Crippen LogP) is 0.802. The van der Waals surface area contributed by atoms with Gasteiger partial charge in [0.15, 0.2) is 0 Å². The minimum absolute atomic E-state index is 0.120. The second-order valence-corrected chi connectivity index (χ2v) is 5.70. The van der Waals surface area contributed by atoms with Crippen molar-refractivity contribution in [3.63, 3.8) is 0 Å². The van der Waals surface area contributed by atoms with Gasteiger partial charge in [0, 0.05) is 26.7 Å². The Morgan fingerprint density at radius 2 is 1.90 bits per heavy atom. The molecular weight excluding hydrogens is 306 g/mol. The molecule has 0 aliphatic rings. The average Bonchev–Trinajstić information content (AvgIpc) is 2.42. The highest BCUT2D eigenvalue weighted by Gasteiger charge is 2.20. The van der Waals surface area contributed by atoms with Crippen molar-refractivity contribution in [2.45, 2.75) is 11.5 Å². The Balaban J connectivity index is 2.61. The minimum atomic E-state index is -3.91. The maximum atomic E-state index is 12.3. The lowest BCUT2D eigenvalue weighted by atomic mass is 10.3. The van der Waals surface area contributed by atoms with Gasteiger partial charge >= 0.3 is 6.61 Å². The number of benzene rings is 1. The third-order valence-corrected chi connectivity index (χ3v) is 3.93. The summed E-state index contributed by atoms with van der Waals surface area (Å²) in [5, 5.41) is 2.95. The van der Waals surface area contributed by atoms with Crippen LogP contribution in [0.1, 0.15) is 0 Å². The molecule has 0 heterocycles. The van der Waals surface area contributed by atoms with Crippen molar-refractivity contribution in [1.82, 2.24) is 10.0 Å². The zero-order valence-electron chi connectivity index (χ0n) is 11.5. The summed E-state index contributed by atoms with van der Waals surface area (Å²) >= 11 is 0. The maximum absolute atomic E-state index is 12.3. The second-order valence-electron chi connectivity index (χ2n) is 3.97. The molecule has 0 saturated heterocycles. The molecule has 0 aromatic heterocycles. The monoisotopic (exact) mass is 324 g/mol. The predicted molar refractivity (Wildman–Crippen MR) is 73.0 cm³/mol. The van der Waals surface area contributed by atoms with Crippen LogP contribution in [0.25, 0.3) is 0 Å². The van der Waals surface area contributed by atoms with Crippen LogP contribution in [0.4, 0.5) is 8.78 Å². The Labute approximate surface area is 122 Å². The van der Waals surface area contributed by atoms with Crippen LogP contribution in [-0.4, -0.2) is 48.4 Å². The highest BCUT2D eigenvalue weighted by Crippen LogP contribution is 2.24. The lowest BCUT2D eigenvalue weighted by molar-refractivity contribution is -0.0517. The third kappa shape index (κ3) is 6.34. The van der Waals surface area contributed by atoms with Crippen LogP contribution in [0.5, 0.6) is 5.75 Å². The summed E-state index contributed by atoms with van der Waals surface area (Å²) in [7, 11) is -2.35. The van der Waals surface area contributed by atoms with E-state index in [1.807, 2.05) is 0 Å². The van der Waals surface area contributed by atoms with Crippen LogP contribution in [0.2, 0.25) is 0 Å². The number of sulfonamides is 1. The Bertz CT molecular complexity index is 526. The summed E-state index contributed by atoms with van der Waals surface area (Å²) in [5.74, 6) is -0.382. The molecule has 1 aromatic rings. The smallest absolute Gasteiger partial charge is 0.387 e. The molecule has 0 atom stereocenters. The standard InChI is InChI=1S/C12H18F2N2O4S/c1-19-9-8-15-6-7-16-21(17,18)11-5-3-2-4-10(11)20-12(13)14/h2-5,12,15-16H,6-9H2,1H3. The molecule has 1 rings (SSSR count). The molecule has 120 valence electrons. The number of hydrogen-bond donors (Lipinski definition) is 2. The van der Waals surface area contributed by atoms with Gasteiger partial charge in [-0.05, 0) is 12.1 Å². The van der Waals surface area contributed by atoms with Gasteiger partial charge in [0.25, 0.3) is 0 Å².